The van der Waals surface area contributed by atoms with Crippen LogP contribution in [0.25, 0.3) is 89.2 Å². The zero-order valence-electron chi connectivity index (χ0n) is 29.7. The van der Waals surface area contributed by atoms with Crippen LogP contribution in [0.3, 0.4) is 0 Å². The van der Waals surface area contributed by atoms with Crippen LogP contribution < -0.4 is 0 Å². The van der Waals surface area contributed by atoms with Crippen molar-refractivity contribution in [3.63, 3.8) is 0 Å². The summed E-state index contributed by atoms with van der Waals surface area (Å²) >= 11 is 0. The normalized spacial score (nSPS) is 14.8. The largest absolute Gasteiger partial charge is 0.456 e. The van der Waals surface area contributed by atoms with Crippen molar-refractivity contribution in [1.82, 2.24) is 9.97 Å². The molecule has 252 valence electrons. The number of nitrogens with zero attached hydrogens (tertiary/aromatic N) is 2. The average molecular weight is 681 g/mol. The van der Waals surface area contributed by atoms with Gasteiger partial charge in [0.15, 0.2) is 5.82 Å². The van der Waals surface area contributed by atoms with Crippen LogP contribution in [-0.2, 0) is 5.41 Å². The van der Waals surface area contributed by atoms with Crippen LogP contribution in [0.2, 0.25) is 0 Å². The summed E-state index contributed by atoms with van der Waals surface area (Å²) in [6.45, 7) is 4.64. The maximum Gasteiger partial charge on any atom is 0.160 e. The Kier molecular flexibility index (Phi) is 7.23. The molecule has 10 rings (SSSR count). The number of rotatable bonds is 6. The summed E-state index contributed by atoms with van der Waals surface area (Å²) in [5.41, 5.74) is 16.5. The lowest BCUT2D eigenvalue weighted by molar-refractivity contribution is 0.563. The molecule has 0 saturated carbocycles. The predicted molar refractivity (Wildman–Crippen MR) is 219 cm³/mol. The first-order valence-electron chi connectivity index (χ1n) is 18.4. The van der Waals surface area contributed by atoms with Crippen molar-refractivity contribution in [3.05, 3.63) is 181 Å². The Balaban J connectivity index is 1.15. The summed E-state index contributed by atoms with van der Waals surface area (Å²) < 4.78 is 6.56. The van der Waals surface area contributed by atoms with Crippen molar-refractivity contribution >= 4 is 21.9 Å². The second kappa shape index (κ2) is 12.3. The van der Waals surface area contributed by atoms with Crippen LogP contribution in [0.1, 0.15) is 31.4 Å². The van der Waals surface area contributed by atoms with Gasteiger partial charge in [0.1, 0.15) is 11.2 Å². The summed E-state index contributed by atoms with van der Waals surface area (Å²) in [4.78, 5) is 10.5. The Bertz CT molecular complexity index is 2730. The molecule has 0 bridgehead atoms. The smallest absolute Gasteiger partial charge is 0.160 e. The Hall–Kier alpha value is -6.58. The molecule has 3 heteroatoms. The number of furan rings is 1. The highest BCUT2D eigenvalue weighted by atomic mass is 16.3. The number of aromatic nitrogens is 2. The molecule has 0 radical (unpaired) electrons. The third kappa shape index (κ3) is 5.19. The van der Waals surface area contributed by atoms with E-state index in [0.717, 1.165) is 67.6 Å². The van der Waals surface area contributed by atoms with Gasteiger partial charge < -0.3 is 4.42 Å². The van der Waals surface area contributed by atoms with Gasteiger partial charge in [0, 0.05) is 32.9 Å². The highest BCUT2D eigenvalue weighted by Crippen LogP contribution is 2.52. The lowest BCUT2D eigenvalue weighted by Gasteiger charge is -2.25. The zero-order chi connectivity index (χ0) is 35.5. The molecule has 2 heterocycles. The number of hydrogen-bond donors (Lipinski definition) is 0. The van der Waals surface area contributed by atoms with Gasteiger partial charge in [0.25, 0.3) is 0 Å². The summed E-state index contributed by atoms with van der Waals surface area (Å²) in [6.07, 6.45) is 1.02. The fraction of sp³-hybridized carbons (Fsp3) is 0.0800. The van der Waals surface area contributed by atoms with Crippen LogP contribution in [0.5, 0.6) is 0 Å². The molecule has 7 aromatic carbocycles. The van der Waals surface area contributed by atoms with Gasteiger partial charge in [0.2, 0.25) is 0 Å². The third-order valence-corrected chi connectivity index (χ3v) is 11.2. The fourth-order valence-corrected chi connectivity index (χ4v) is 8.22. The van der Waals surface area contributed by atoms with Gasteiger partial charge in [-0.15, -0.1) is 0 Å². The minimum atomic E-state index is -0.0510. The van der Waals surface area contributed by atoms with Gasteiger partial charge in [-0.25, -0.2) is 9.97 Å². The maximum absolute atomic E-state index is 6.56. The van der Waals surface area contributed by atoms with Crippen LogP contribution >= 0.6 is 0 Å². The molecule has 1 aliphatic rings. The minimum Gasteiger partial charge on any atom is -0.456 e. The Morgan fingerprint density at radius 3 is 1.64 bits per heavy atom. The molecular weight excluding hydrogens is 645 g/mol. The van der Waals surface area contributed by atoms with Crippen LogP contribution in [-0.4, -0.2) is 9.97 Å². The summed E-state index contributed by atoms with van der Waals surface area (Å²) in [6, 6.07) is 60.2. The second-order valence-corrected chi connectivity index (χ2v) is 14.3. The highest BCUT2D eigenvalue weighted by Gasteiger charge is 2.38. The van der Waals surface area contributed by atoms with E-state index in [-0.39, 0.29) is 5.41 Å². The Morgan fingerprint density at radius 2 is 1.00 bits per heavy atom. The van der Waals surface area contributed by atoms with Crippen LogP contribution in [0, 0.1) is 0 Å². The average Bonchev–Trinajstić information content (AvgIpc) is 3.72. The summed E-state index contributed by atoms with van der Waals surface area (Å²) in [5.74, 6) is 0.675. The molecule has 9 aromatic rings. The van der Waals surface area contributed by atoms with Gasteiger partial charge in [-0.3, -0.25) is 0 Å². The number of benzene rings is 7. The number of hydrogen-bond acceptors (Lipinski definition) is 3. The van der Waals surface area contributed by atoms with Gasteiger partial charge in [-0.05, 0) is 99.5 Å². The summed E-state index contributed by atoms with van der Waals surface area (Å²) in [5, 5.41) is 2.17. The van der Waals surface area contributed by atoms with Gasteiger partial charge in [0.05, 0.1) is 11.4 Å². The molecule has 1 aliphatic carbocycles. The first kappa shape index (κ1) is 31.2. The van der Waals surface area contributed by atoms with Crippen LogP contribution in [0.15, 0.2) is 174 Å². The minimum absolute atomic E-state index is 0.0510. The quantitative estimate of drug-likeness (QED) is 0.175. The third-order valence-electron chi connectivity index (χ3n) is 11.2. The molecule has 0 fully saturated rings. The second-order valence-electron chi connectivity index (χ2n) is 14.3. The topological polar surface area (TPSA) is 38.9 Å². The predicted octanol–water partition coefficient (Wildman–Crippen LogP) is 13.4. The van der Waals surface area contributed by atoms with E-state index in [1.54, 1.807) is 0 Å². The summed E-state index contributed by atoms with van der Waals surface area (Å²) in [7, 11) is 0. The molecule has 0 amide bonds. The molecular formula is C50H36N2O. The van der Waals surface area contributed by atoms with E-state index in [2.05, 4.69) is 172 Å². The van der Waals surface area contributed by atoms with E-state index in [4.69, 9.17) is 14.4 Å². The fourth-order valence-electron chi connectivity index (χ4n) is 8.22. The van der Waals surface area contributed by atoms with Crippen molar-refractivity contribution in [2.24, 2.45) is 0 Å². The molecule has 0 saturated heterocycles. The standard InChI is InChI=1S/C50H36N2O/c1-3-50(2)43-23-11-10-22-39(43)40-29-42-41-28-38(24-25-47(41)53-48(42)30-44(40)50)49-51-45(36-20-12-18-34(26-36)32-14-6-4-7-15-32)31-46(52-49)37-21-13-19-35(27-37)33-16-8-5-9-17-33/h4-31H,3H2,1-2H3. The SMILES string of the molecule is CCC1(C)c2ccccc2-c2cc3c(cc21)oc1ccc(-c2nc(-c4cccc(-c5ccccc5)c4)cc(-c4cccc(-c5ccccc5)c4)n2)cc13. The van der Waals surface area contributed by atoms with E-state index >= 15 is 0 Å². The Labute approximate surface area is 309 Å². The van der Waals surface area contributed by atoms with Crippen molar-refractivity contribution in [1.29, 1.82) is 0 Å². The van der Waals surface area contributed by atoms with E-state index in [1.165, 1.54) is 33.4 Å². The van der Waals surface area contributed by atoms with Crippen molar-refractivity contribution in [3.8, 4) is 67.3 Å². The molecule has 0 aliphatic heterocycles. The van der Waals surface area contributed by atoms with Crippen molar-refractivity contribution in [2.75, 3.05) is 0 Å². The van der Waals surface area contributed by atoms with Crippen molar-refractivity contribution < 1.29 is 4.42 Å². The lowest BCUT2D eigenvalue weighted by Crippen LogP contribution is -2.18. The first-order valence-corrected chi connectivity index (χ1v) is 18.4. The van der Waals surface area contributed by atoms with Crippen molar-refractivity contribution in [2.45, 2.75) is 25.7 Å². The van der Waals surface area contributed by atoms with Gasteiger partial charge >= 0.3 is 0 Å². The van der Waals surface area contributed by atoms with E-state index in [1.807, 2.05) is 12.1 Å². The zero-order valence-corrected chi connectivity index (χ0v) is 29.7. The van der Waals surface area contributed by atoms with E-state index in [0.29, 0.717) is 5.82 Å². The van der Waals surface area contributed by atoms with E-state index in [9.17, 15) is 0 Å². The Morgan fingerprint density at radius 1 is 0.434 bits per heavy atom. The molecule has 2 aromatic heterocycles. The van der Waals surface area contributed by atoms with Gasteiger partial charge in [-0.2, -0.15) is 0 Å². The molecule has 53 heavy (non-hydrogen) atoms. The molecule has 1 atom stereocenters. The molecule has 0 spiro atoms. The maximum atomic E-state index is 6.56. The molecule has 3 nitrogen and oxygen atoms in total. The van der Waals surface area contributed by atoms with Gasteiger partial charge in [-0.1, -0.05) is 135 Å². The first-order chi connectivity index (χ1) is 26.1. The molecule has 1 unspecified atom stereocenters. The molecule has 0 N–H and O–H groups in total. The monoisotopic (exact) mass is 680 g/mol. The van der Waals surface area contributed by atoms with Crippen LogP contribution in [0.4, 0.5) is 0 Å². The number of fused-ring (bicyclic) bond motifs is 6. The lowest BCUT2D eigenvalue weighted by atomic mass is 9.78. The van der Waals surface area contributed by atoms with E-state index < -0.39 is 0 Å². The highest BCUT2D eigenvalue weighted by molar-refractivity contribution is 6.09.